The summed E-state index contributed by atoms with van der Waals surface area (Å²) in [5.74, 6) is 0.842. The smallest absolute Gasteiger partial charge is 0.146 e. The van der Waals surface area contributed by atoms with E-state index in [0.717, 1.165) is 41.9 Å². The summed E-state index contributed by atoms with van der Waals surface area (Å²) in [6, 6.07) is 10.5. The van der Waals surface area contributed by atoms with Gasteiger partial charge in [0.25, 0.3) is 0 Å². The fraction of sp³-hybridized carbons (Fsp3) is 0.471. The summed E-state index contributed by atoms with van der Waals surface area (Å²) in [5, 5.41) is 4.60. The minimum atomic E-state index is 0.0339. The van der Waals surface area contributed by atoms with Gasteiger partial charge in [-0.3, -0.25) is 0 Å². The normalized spacial score (nSPS) is 22.4. The first-order chi connectivity index (χ1) is 10.3. The van der Waals surface area contributed by atoms with E-state index in [2.05, 4.69) is 29.4 Å². The number of nitrogens with zero attached hydrogens (tertiary/aromatic N) is 1. The Bertz CT molecular complexity index is 613. The first-order valence-electron chi connectivity index (χ1n) is 7.62. The van der Waals surface area contributed by atoms with Crippen molar-refractivity contribution >= 4 is 10.9 Å². The lowest BCUT2D eigenvalue weighted by atomic mass is 10.1. The Hall–Kier alpha value is -1.65. The third kappa shape index (κ3) is 3.17. The molecule has 2 aromatic rings. The molecular weight excluding hydrogens is 264 g/mol. The first-order valence-corrected chi connectivity index (χ1v) is 7.62. The molecule has 1 aromatic heterocycles. The molecule has 1 fully saturated rings. The number of aryl methyl sites for hydroxylation is 1. The maximum Gasteiger partial charge on any atom is 0.146 e. The number of para-hydroxylation sites is 1. The molecule has 21 heavy (non-hydrogen) atoms. The van der Waals surface area contributed by atoms with Gasteiger partial charge in [0.1, 0.15) is 17.4 Å². The Kier molecular flexibility index (Phi) is 4.36. The Labute approximate surface area is 125 Å². The van der Waals surface area contributed by atoms with Gasteiger partial charge in [0.15, 0.2) is 0 Å². The van der Waals surface area contributed by atoms with Gasteiger partial charge in [-0.25, -0.2) is 4.98 Å². The summed E-state index contributed by atoms with van der Waals surface area (Å²) < 4.78 is 11.8. The van der Waals surface area contributed by atoms with Gasteiger partial charge in [-0.15, -0.1) is 0 Å². The zero-order valence-corrected chi connectivity index (χ0v) is 12.6. The summed E-state index contributed by atoms with van der Waals surface area (Å²) in [5.41, 5.74) is 1.93. The van der Waals surface area contributed by atoms with Crippen molar-refractivity contribution in [2.75, 3.05) is 19.8 Å². The number of ether oxygens (including phenoxy) is 2. The van der Waals surface area contributed by atoms with Gasteiger partial charge in [-0.1, -0.05) is 25.1 Å². The Morgan fingerprint density at radius 2 is 2.24 bits per heavy atom. The van der Waals surface area contributed by atoms with Crippen molar-refractivity contribution in [3.05, 3.63) is 36.0 Å². The van der Waals surface area contributed by atoms with Gasteiger partial charge in [0, 0.05) is 23.7 Å². The fourth-order valence-corrected chi connectivity index (χ4v) is 2.80. The number of nitrogens with one attached hydrogen (secondary N) is 1. The molecule has 2 atom stereocenters. The molecule has 3 rings (SSSR count). The molecule has 4 heteroatoms. The van der Waals surface area contributed by atoms with Crippen LogP contribution in [-0.2, 0) is 4.74 Å². The number of rotatable bonds is 4. The molecule has 0 radical (unpaired) electrons. The SMILES string of the molecule is CCNC1CCOCC1Oc1cccc2ccc(C)nc12. The summed E-state index contributed by atoms with van der Waals surface area (Å²) in [4.78, 5) is 4.63. The molecule has 0 bridgehead atoms. The average molecular weight is 286 g/mol. The minimum absolute atomic E-state index is 0.0339. The van der Waals surface area contributed by atoms with E-state index < -0.39 is 0 Å². The first kappa shape index (κ1) is 14.3. The lowest BCUT2D eigenvalue weighted by Gasteiger charge is -2.32. The van der Waals surface area contributed by atoms with Crippen LogP contribution in [0.1, 0.15) is 19.0 Å². The van der Waals surface area contributed by atoms with Crippen molar-refractivity contribution in [1.82, 2.24) is 10.3 Å². The lowest BCUT2D eigenvalue weighted by Crippen LogP contribution is -2.49. The van der Waals surface area contributed by atoms with Gasteiger partial charge in [0.2, 0.25) is 0 Å². The molecule has 1 saturated heterocycles. The zero-order valence-electron chi connectivity index (χ0n) is 12.6. The van der Waals surface area contributed by atoms with Crippen molar-refractivity contribution in [2.24, 2.45) is 0 Å². The van der Waals surface area contributed by atoms with Crippen LogP contribution in [0.2, 0.25) is 0 Å². The molecule has 2 heterocycles. The third-order valence-electron chi connectivity index (χ3n) is 3.87. The van der Waals surface area contributed by atoms with Gasteiger partial charge >= 0.3 is 0 Å². The predicted octanol–water partition coefficient (Wildman–Crippen LogP) is 2.69. The third-order valence-corrected chi connectivity index (χ3v) is 3.87. The summed E-state index contributed by atoms with van der Waals surface area (Å²) in [6.45, 7) is 6.48. The van der Waals surface area contributed by atoms with E-state index in [1.807, 2.05) is 25.1 Å². The molecule has 1 aliphatic heterocycles. The summed E-state index contributed by atoms with van der Waals surface area (Å²) in [6.07, 6.45) is 1.02. The van der Waals surface area contributed by atoms with Crippen LogP contribution < -0.4 is 10.1 Å². The molecule has 0 aliphatic carbocycles. The molecule has 0 amide bonds. The number of fused-ring (bicyclic) bond motifs is 1. The molecule has 112 valence electrons. The summed E-state index contributed by atoms with van der Waals surface area (Å²) in [7, 11) is 0. The molecule has 1 N–H and O–H groups in total. The summed E-state index contributed by atoms with van der Waals surface area (Å²) >= 11 is 0. The van der Waals surface area contributed by atoms with Gasteiger partial charge in [-0.2, -0.15) is 0 Å². The van der Waals surface area contributed by atoms with Crippen LogP contribution in [0.3, 0.4) is 0 Å². The monoisotopic (exact) mass is 286 g/mol. The predicted molar refractivity (Wildman–Crippen MR) is 83.8 cm³/mol. The molecule has 0 saturated carbocycles. The van der Waals surface area contributed by atoms with Crippen molar-refractivity contribution in [3.8, 4) is 5.75 Å². The Morgan fingerprint density at radius 3 is 3.10 bits per heavy atom. The lowest BCUT2D eigenvalue weighted by molar-refractivity contribution is -0.0137. The van der Waals surface area contributed by atoms with E-state index in [1.54, 1.807) is 0 Å². The maximum absolute atomic E-state index is 6.24. The van der Waals surface area contributed by atoms with E-state index in [4.69, 9.17) is 9.47 Å². The molecule has 4 nitrogen and oxygen atoms in total. The molecular formula is C17H22N2O2. The molecule has 2 unspecified atom stereocenters. The van der Waals surface area contributed by atoms with Crippen LogP contribution in [0.5, 0.6) is 5.75 Å². The van der Waals surface area contributed by atoms with E-state index in [1.165, 1.54) is 0 Å². The fourth-order valence-electron chi connectivity index (χ4n) is 2.80. The Morgan fingerprint density at radius 1 is 1.33 bits per heavy atom. The van der Waals surface area contributed by atoms with E-state index in [-0.39, 0.29) is 6.10 Å². The van der Waals surface area contributed by atoms with E-state index in [9.17, 15) is 0 Å². The quantitative estimate of drug-likeness (QED) is 0.938. The van der Waals surface area contributed by atoms with Gasteiger partial charge in [-0.05, 0) is 32.0 Å². The highest BCUT2D eigenvalue weighted by molar-refractivity contribution is 5.84. The number of hydrogen-bond donors (Lipinski definition) is 1. The highest BCUT2D eigenvalue weighted by Gasteiger charge is 2.27. The van der Waals surface area contributed by atoms with E-state index >= 15 is 0 Å². The van der Waals surface area contributed by atoms with Crippen molar-refractivity contribution < 1.29 is 9.47 Å². The Balaban J connectivity index is 1.88. The van der Waals surface area contributed by atoms with Gasteiger partial charge in [0.05, 0.1) is 6.61 Å². The van der Waals surface area contributed by atoms with Crippen LogP contribution in [0.15, 0.2) is 30.3 Å². The van der Waals surface area contributed by atoms with Crippen molar-refractivity contribution in [1.29, 1.82) is 0 Å². The van der Waals surface area contributed by atoms with E-state index in [0.29, 0.717) is 12.6 Å². The van der Waals surface area contributed by atoms with Gasteiger partial charge < -0.3 is 14.8 Å². The number of benzene rings is 1. The van der Waals surface area contributed by atoms with Crippen LogP contribution in [-0.4, -0.2) is 36.9 Å². The number of pyridine rings is 1. The van der Waals surface area contributed by atoms with Crippen molar-refractivity contribution in [3.63, 3.8) is 0 Å². The highest BCUT2D eigenvalue weighted by Crippen LogP contribution is 2.26. The molecule has 0 spiro atoms. The zero-order chi connectivity index (χ0) is 14.7. The largest absolute Gasteiger partial charge is 0.484 e. The number of aromatic nitrogens is 1. The maximum atomic E-state index is 6.24. The molecule has 1 aromatic carbocycles. The number of hydrogen-bond acceptors (Lipinski definition) is 4. The second-order valence-electron chi connectivity index (χ2n) is 5.46. The average Bonchev–Trinajstić information content (AvgIpc) is 2.50. The van der Waals surface area contributed by atoms with Crippen molar-refractivity contribution in [2.45, 2.75) is 32.4 Å². The second-order valence-corrected chi connectivity index (χ2v) is 5.46. The van der Waals surface area contributed by atoms with Crippen LogP contribution in [0.4, 0.5) is 0 Å². The van der Waals surface area contributed by atoms with Crippen LogP contribution in [0, 0.1) is 6.92 Å². The second kappa shape index (κ2) is 6.41. The minimum Gasteiger partial charge on any atom is -0.484 e. The molecule has 1 aliphatic rings. The topological polar surface area (TPSA) is 43.4 Å². The number of likely N-dealkylation sites (N-methyl/N-ethyl adjacent to an activating group) is 1. The standard InChI is InChI=1S/C17H22N2O2/c1-3-18-14-9-10-20-11-16(14)21-15-6-4-5-13-8-7-12(2)19-17(13)15/h4-8,14,16,18H,3,9-11H2,1-2H3. The highest BCUT2D eigenvalue weighted by atomic mass is 16.5. The van der Waals surface area contributed by atoms with Crippen LogP contribution in [0.25, 0.3) is 10.9 Å². The van der Waals surface area contributed by atoms with Crippen LogP contribution >= 0.6 is 0 Å².